The zero-order valence-electron chi connectivity index (χ0n) is 9.01. The minimum absolute atomic E-state index is 0.00814. The average Bonchev–Trinajstić information content (AvgIpc) is 3.01. The quantitative estimate of drug-likeness (QED) is 0.815. The highest BCUT2D eigenvalue weighted by Crippen LogP contribution is 2.49. The van der Waals surface area contributed by atoms with Crippen LogP contribution in [0, 0.1) is 0 Å². The monoisotopic (exact) mass is 279 g/mol. The number of halogens is 4. The van der Waals surface area contributed by atoms with E-state index in [2.05, 4.69) is 4.98 Å². The molecule has 3 N–H and O–H groups in total. The van der Waals surface area contributed by atoms with Gasteiger partial charge in [0.2, 0.25) is 0 Å². The minimum atomic E-state index is -4.46. The fourth-order valence-corrected chi connectivity index (χ4v) is 1.68. The normalized spacial score (nSPS) is 17.3. The van der Waals surface area contributed by atoms with Crippen LogP contribution in [0.15, 0.2) is 12.3 Å². The highest BCUT2D eigenvalue weighted by Gasteiger charge is 2.64. The predicted molar refractivity (Wildman–Crippen MR) is 59.1 cm³/mol. The third kappa shape index (κ3) is 2.22. The van der Waals surface area contributed by atoms with Crippen molar-refractivity contribution in [3.05, 3.63) is 23.0 Å². The molecule has 0 radical (unpaired) electrons. The van der Waals surface area contributed by atoms with Crippen LogP contribution in [0.2, 0.25) is 5.15 Å². The van der Waals surface area contributed by atoms with Crippen LogP contribution in [0.4, 0.5) is 18.9 Å². The lowest BCUT2D eigenvalue weighted by Crippen LogP contribution is -2.48. The third-order valence-electron chi connectivity index (χ3n) is 2.79. The molecule has 0 unspecified atom stereocenters. The molecule has 8 heteroatoms. The summed E-state index contributed by atoms with van der Waals surface area (Å²) in [6.45, 7) is 0. The first-order valence-electron chi connectivity index (χ1n) is 5.05. The number of hydrogen-bond acceptors (Lipinski definition) is 3. The first-order chi connectivity index (χ1) is 8.25. The molecule has 2 rings (SSSR count). The molecule has 0 aliphatic heterocycles. The number of amides is 1. The number of carbonyl (C=O) groups excluding carboxylic acids is 1. The molecule has 18 heavy (non-hydrogen) atoms. The van der Waals surface area contributed by atoms with Crippen LogP contribution in [-0.2, 0) is 0 Å². The smallest absolute Gasteiger partial charge is 0.397 e. The van der Waals surface area contributed by atoms with Gasteiger partial charge in [-0.2, -0.15) is 13.2 Å². The van der Waals surface area contributed by atoms with Crippen molar-refractivity contribution in [1.82, 2.24) is 10.3 Å². The summed E-state index contributed by atoms with van der Waals surface area (Å²) in [5, 5.41) is 1.95. The Morgan fingerprint density at radius 2 is 2.11 bits per heavy atom. The van der Waals surface area contributed by atoms with E-state index in [1.807, 2.05) is 5.32 Å². The van der Waals surface area contributed by atoms with Crippen LogP contribution in [0.25, 0.3) is 0 Å². The Bertz CT molecular complexity index is 500. The van der Waals surface area contributed by atoms with E-state index in [1.54, 1.807) is 0 Å². The van der Waals surface area contributed by atoms with E-state index in [4.69, 9.17) is 17.3 Å². The van der Waals surface area contributed by atoms with Crippen molar-refractivity contribution in [3.8, 4) is 0 Å². The molecule has 98 valence electrons. The SMILES string of the molecule is Nc1cnc(Cl)cc1C(=O)NC1(C(F)(F)F)CC1. The number of nitrogens with zero attached hydrogens (tertiary/aromatic N) is 1. The maximum Gasteiger partial charge on any atom is 0.411 e. The lowest BCUT2D eigenvalue weighted by molar-refractivity contribution is -0.163. The van der Waals surface area contributed by atoms with Gasteiger partial charge in [0.15, 0.2) is 0 Å². The van der Waals surface area contributed by atoms with Gasteiger partial charge in [0.05, 0.1) is 17.4 Å². The van der Waals surface area contributed by atoms with Crippen LogP contribution >= 0.6 is 11.6 Å². The molecule has 0 atom stereocenters. The summed E-state index contributed by atoms with van der Waals surface area (Å²) in [6.07, 6.45) is -3.58. The summed E-state index contributed by atoms with van der Waals surface area (Å²) < 4.78 is 38.0. The highest BCUT2D eigenvalue weighted by molar-refractivity contribution is 6.29. The van der Waals surface area contributed by atoms with Crippen molar-refractivity contribution in [1.29, 1.82) is 0 Å². The first kappa shape index (κ1) is 12.9. The van der Waals surface area contributed by atoms with E-state index < -0.39 is 17.6 Å². The fourth-order valence-electron chi connectivity index (χ4n) is 1.53. The topological polar surface area (TPSA) is 68.0 Å². The maximum absolute atomic E-state index is 12.7. The van der Waals surface area contributed by atoms with Crippen molar-refractivity contribution in [3.63, 3.8) is 0 Å². The molecule has 0 saturated heterocycles. The lowest BCUT2D eigenvalue weighted by atomic mass is 10.2. The van der Waals surface area contributed by atoms with Crippen molar-refractivity contribution in [2.45, 2.75) is 24.6 Å². The van der Waals surface area contributed by atoms with Gasteiger partial charge >= 0.3 is 6.18 Å². The number of aromatic nitrogens is 1. The van der Waals surface area contributed by atoms with Gasteiger partial charge in [0, 0.05) is 0 Å². The van der Waals surface area contributed by atoms with Crippen molar-refractivity contribution < 1.29 is 18.0 Å². The minimum Gasteiger partial charge on any atom is -0.397 e. The molecule has 1 fully saturated rings. The maximum atomic E-state index is 12.7. The van der Waals surface area contributed by atoms with Crippen molar-refractivity contribution in [2.75, 3.05) is 5.73 Å². The van der Waals surface area contributed by atoms with Gasteiger partial charge in [-0.3, -0.25) is 4.79 Å². The van der Waals surface area contributed by atoms with Crippen LogP contribution in [-0.4, -0.2) is 22.6 Å². The number of nitrogens with one attached hydrogen (secondary N) is 1. The molecule has 1 aromatic rings. The standard InChI is InChI=1S/C10H9ClF3N3O/c11-7-3-5(6(15)4-16-7)8(18)17-9(1-2-9)10(12,13)14/h3-4H,1-2,15H2,(H,17,18). The number of rotatable bonds is 2. The second-order valence-electron chi connectivity index (χ2n) is 4.13. The molecular formula is C10H9ClF3N3O. The van der Waals surface area contributed by atoms with Gasteiger partial charge in [-0.25, -0.2) is 4.98 Å². The number of alkyl halides is 3. The lowest BCUT2D eigenvalue weighted by Gasteiger charge is -2.21. The Morgan fingerprint density at radius 3 is 2.61 bits per heavy atom. The second-order valence-corrected chi connectivity index (χ2v) is 4.52. The molecule has 1 aliphatic carbocycles. The van der Waals surface area contributed by atoms with Crippen LogP contribution in [0.1, 0.15) is 23.2 Å². The van der Waals surface area contributed by atoms with Gasteiger partial charge in [0.25, 0.3) is 5.91 Å². The average molecular weight is 280 g/mol. The van der Waals surface area contributed by atoms with Gasteiger partial charge < -0.3 is 11.1 Å². The summed E-state index contributed by atoms with van der Waals surface area (Å²) >= 11 is 5.57. The van der Waals surface area contributed by atoms with Gasteiger partial charge in [-0.1, -0.05) is 11.6 Å². The molecule has 0 spiro atoms. The number of nitrogens with two attached hydrogens (primary N) is 1. The zero-order chi connectivity index (χ0) is 13.6. The summed E-state index contributed by atoms with van der Waals surface area (Å²) in [7, 11) is 0. The van der Waals surface area contributed by atoms with Crippen LogP contribution in [0.3, 0.4) is 0 Å². The van der Waals surface area contributed by atoms with E-state index in [0.717, 1.165) is 12.3 Å². The van der Waals surface area contributed by atoms with E-state index in [-0.39, 0.29) is 29.2 Å². The number of carbonyl (C=O) groups is 1. The summed E-state index contributed by atoms with van der Waals surface area (Å²) in [5.74, 6) is -0.897. The van der Waals surface area contributed by atoms with E-state index >= 15 is 0 Å². The highest BCUT2D eigenvalue weighted by atomic mass is 35.5. The first-order valence-corrected chi connectivity index (χ1v) is 5.43. The van der Waals surface area contributed by atoms with E-state index in [0.29, 0.717) is 0 Å². The molecule has 0 bridgehead atoms. The van der Waals surface area contributed by atoms with Crippen LogP contribution < -0.4 is 11.1 Å². The van der Waals surface area contributed by atoms with Crippen LogP contribution in [0.5, 0.6) is 0 Å². The number of anilines is 1. The molecule has 1 aliphatic rings. The fraction of sp³-hybridized carbons (Fsp3) is 0.400. The second kappa shape index (κ2) is 4.01. The molecule has 4 nitrogen and oxygen atoms in total. The van der Waals surface area contributed by atoms with Gasteiger partial charge in [-0.05, 0) is 18.9 Å². The zero-order valence-corrected chi connectivity index (χ0v) is 9.77. The number of nitrogen functional groups attached to an aromatic ring is 1. The molecule has 1 heterocycles. The van der Waals surface area contributed by atoms with Gasteiger partial charge in [0.1, 0.15) is 10.7 Å². The molecule has 1 aromatic heterocycles. The summed E-state index contributed by atoms with van der Waals surface area (Å²) in [6, 6.07) is 1.14. The Morgan fingerprint density at radius 1 is 1.50 bits per heavy atom. The largest absolute Gasteiger partial charge is 0.411 e. The Balaban J connectivity index is 2.21. The number of pyridine rings is 1. The van der Waals surface area contributed by atoms with Gasteiger partial charge in [-0.15, -0.1) is 0 Å². The van der Waals surface area contributed by atoms with E-state index in [1.165, 1.54) is 0 Å². The summed E-state index contributed by atoms with van der Waals surface area (Å²) in [4.78, 5) is 15.4. The van der Waals surface area contributed by atoms with Crippen molar-refractivity contribution >= 4 is 23.2 Å². The molecule has 1 saturated carbocycles. The Kier molecular flexibility index (Phi) is 2.89. The predicted octanol–water partition coefficient (Wildman–Crippen LogP) is 2.14. The summed E-state index contributed by atoms with van der Waals surface area (Å²) in [5.41, 5.74) is 3.23. The van der Waals surface area contributed by atoms with Crippen molar-refractivity contribution in [2.24, 2.45) is 0 Å². The molecular weight excluding hydrogens is 271 g/mol. The molecule has 0 aromatic carbocycles. The number of hydrogen-bond donors (Lipinski definition) is 2. The van der Waals surface area contributed by atoms with E-state index in [9.17, 15) is 18.0 Å². The Labute approximate surface area is 105 Å². The Hall–Kier alpha value is -1.50. The third-order valence-corrected chi connectivity index (χ3v) is 3.00. The molecule has 1 amide bonds.